The number of hydrogen-bond donors (Lipinski definition) is 0. The summed E-state index contributed by atoms with van der Waals surface area (Å²) in [6, 6.07) is 0. The first-order valence-electron chi connectivity index (χ1n) is 4.19. The molecule has 0 amide bonds. The third kappa shape index (κ3) is 1.73. The van der Waals surface area contributed by atoms with Gasteiger partial charge in [0, 0.05) is 0 Å². The van der Waals surface area contributed by atoms with Crippen molar-refractivity contribution in [2.45, 2.75) is 26.7 Å². The minimum atomic E-state index is 0.755. The van der Waals surface area contributed by atoms with Crippen molar-refractivity contribution in [2.75, 3.05) is 0 Å². The fraction of sp³-hybridized carbons (Fsp3) is 0.600. The Morgan fingerprint density at radius 1 is 1.20 bits per heavy atom. The maximum absolute atomic E-state index is 2.33. The zero-order valence-electron chi connectivity index (χ0n) is 6.88. The summed E-state index contributed by atoms with van der Waals surface area (Å²) in [7, 11) is 0. The van der Waals surface area contributed by atoms with Gasteiger partial charge < -0.3 is 0 Å². The molecule has 1 aliphatic rings. The van der Waals surface area contributed by atoms with E-state index in [0.717, 1.165) is 11.8 Å². The van der Waals surface area contributed by atoms with E-state index in [2.05, 4.69) is 38.2 Å². The van der Waals surface area contributed by atoms with E-state index >= 15 is 0 Å². The van der Waals surface area contributed by atoms with Gasteiger partial charge in [0.2, 0.25) is 0 Å². The van der Waals surface area contributed by atoms with Gasteiger partial charge in [0.05, 0.1) is 0 Å². The first-order chi connectivity index (χ1) is 4.84. The van der Waals surface area contributed by atoms with Gasteiger partial charge in [-0.2, -0.15) is 0 Å². The molecular formula is C10H16. The highest BCUT2D eigenvalue weighted by molar-refractivity contribution is 5.13. The molecule has 0 nitrogen and oxygen atoms in total. The second-order valence-electron chi connectivity index (χ2n) is 3.08. The van der Waals surface area contributed by atoms with Crippen molar-refractivity contribution in [3.05, 3.63) is 24.3 Å². The highest BCUT2D eigenvalue weighted by atomic mass is 14.2. The predicted molar refractivity (Wildman–Crippen MR) is 45.8 cm³/mol. The molecule has 0 aromatic carbocycles. The molecule has 1 aliphatic carbocycles. The molecule has 0 spiro atoms. The molecule has 0 N–H and O–H groups in total. The maximum atomic E-state index is 2.33. The third-order valence-electron chi connectivity index (χ3n) is 2.18. The second-order valence-corrected chi connectivity index (χ2v) is 3.08. The van der Waals surface area contributed by atoms with Crippen LogP contribution in [0.15, 0.2) is 24.3 Å². The van der Waals surface area contributed by atoms with Crippen LogP contribution in [-0.4, -0.2) is 0 Å². The summed E-state index contributed by atoms with van der Waals surface area (Å²) in [4.78, 5) is 0. The zero-order chi connectivity index (χ0) is 7.40. The van der Waals surface area contributed by atoms with Gasteiger partial charge in [-0.25, -0.2) is 0 Å². The van der Waals surface area contributed by atoms with Crippen LogP contribution in [0.2, 0.25) is 0 Å². The average Bonchev–Trinajstić information content (AvgIpc) is 1.94. The molecule has 10 heavy (non-hydrogen) atoms. The van der Waals surface area contributed by atoms with Crippen molar-refractivity contribution >= 4 is 0 Å². The normalized spacial score (nSPS) is 31.0. The molecule has 0 saturated carbocycles. The molecule has 0 aromatic heterocycles. The predicted octanol–water partition coefficient (Wildman–Crippen LogP) is 3.16. The zero-order valence-corrected chi connectivity index (χ0v) is 6.88. The SMILES string of the molecule is CCCC1C=CC=C[C@H]1C. The molecule has 0 aromatic rings. The summed E-state index contributed by atoms with van der Waals surface area (Å²) >= 11 is 0. The molecule has 0 aliphatic heterocycles. The van der Waals surface area contributed by atoms with Crippen LogP contribution in [-0.2, 0) is 0 Å². The molecule has 0 heterocycles. The quantitative estimate of drug-likeness (QED) is 0.547. The Kier molecular flexibility index (Phi) is 2.73. The largest absolute Gasteiger partial charge is 0.0811 e. The summed E-state index contributed by atoms with van der Waals surface area (Å²) in [5.41, 5.74) is 0. The Morgan fingerprint density at radius 2 is 1.90 bits per heavy atom. The number of allylic oxidation sites excluding steroid dienone is 4. The van der Waals surface area contributed by atoms with Crippen molar-refractivity contribution < 1.29 is 0 Å². The molecule has 2 atom stereocenters. The van der Waals surface area contributed by atoms with E-state index < -0.39 is 0 Å². The molecule has 0 bridgehead atoms. The standard InChI is InChI=1S/C10H16/c1-3-6-10-8-5-4-7-9(10)2/h4-5,7-10H,3,6H2,1-2H3/t9-,10?/m1/s1. The van der Waals surface area contributed by atoms with Crippen LogP contribution in [0.1, 0.15) is 26.7 Å². The molecule has 0 saturated heterocycles. The lowest BCUT2D eigenvalue weighted by Crippen LogP contribution is -2.08. The lowest BCUT2D eigenvalue weighted by molar-refractivity contribution is 0.466. The van der Waals surface area contributed by atoms with Gasteiger partial charge in [0.1, 0.15) is 0 Å². The highest BCUT2D eigenvalue weighted by Crippen LogP contribution is 2.22. The molecule has 1 rings (SSSR count). The van der Waals surface area contributed by atoms with E-state index in [1.54, 1.807) is 0 Å². The lowest BCUT2D eigenvalue weighted by atomic mass is 9.87. The molecule has 0 fully saturated rings. The summed E-state index contributed by atoms with van der Waals surface area (Å²) in [5.74, 6) is 1.56. The molecule has 0 radical (unpaired) electrons. The van der Waals surface area contributed by atoms with Gasteiger partial charge in [-0.05, 0) is 18.3 Å². The van der Waals surface area contributed by atoms with E-state index in [9.17, 15) is 0 Å². The van der Waals surface area contributed by atoms with Crippen LogP contribution in [0.4, 0.5) is 0 Å². The highest BCUT2D eigenvalue weighted by Gasteiger charge is 2.11. The van der Waals surface area contributed by atoms with E-state index in [1.165, 1.54) is 12.8 Å². The Labute approximate surface area is 63.6 Å². The van der Waals surface area contributed by atoms with Crippen molar-refractivity contribution in [3.63, 3.8) is 0 Å². The van der Waals surface area contributed by atoms with Crippen molar-refractivity contribution in [1.82, 2.24) is 0 Å². The van der Waals surface area contributed by atoms with Gasteiger partial charge in [0.25, 0.3) is 0 Å². The minimum absolute atomic E-state index is 0.755. The summed E-state index contributed by atoms with van der Waals surface area (Å²) in [6.45, 7) is 4.54. The molecular weight excluding hydrogens is 120 g/mol. The van der Waals surface area contributed by atoms with Crippen LogP contribution in [0.5, 0.6) is 0 Å². The van der Waals surface area contributed by atoms with Crippen LogP contribution in [0, 0.1) is 11.8 Å². The Hall–Kier alpha value is -0.520. The molecule has 0 heteroatoms. The van der Waals surface area contributed by atoms with Crippen LogP contribution in [0.3, 0.4) is 0 Å². The minimum Gasteiger partial charge on any atom is -0.0811 e. The van der Waals surface area contributed by atoms with Gasteiger partial charge in [-0.3, -0.25) is 0 Å². The van der Waals surface area contributed by atoms with Gasteiger partial charge >= 0.3 is 0 Å². The fourth-order valence-corrected chi connectivity index (χ4v) is 1.46. The van der Waals surface area contributed by atoms with E-state index in [0.29, 0.717) is 0 Å². The van der Waals surface area contributed by atoms with Gasteiger partial charge in [0.15, 0.2) is 0 Å². The van der Waals surface area contributed by atoms with Gasteiger partial charge in [-0.1, -0.05) is 44.6 Å². The monoisotopic (exact) mass is 136 g/mol. The summed E-state index contributed by atoms with van der Waals surface area (Å²) < 4.78 is 0. The van der Waals surface area contributed by atoms with Crippen molar-refractivity contribution in [1.29, 1.82) is 0 Å². The summed E-state index contributed by atoms with van der Waals surface area (Å²) in [5, 5.41) is 0. The third-order valence-corrected chi connectivity index (χ3v) is 2.18. The van der Waals surface area contributed by atoms with Crippen LogP contribution in [0.25, 0.3) is 0 Å². The van der Waals surface area contributed by atoms with Gasteiger partial charge in [-0.15, -0.1) is 0 Å². The fourth-order valence-electron chi connectivity index (χ4n) is 1.46. The first kappa shape index (κ1) is 7.59. The molecule has 56 valence electrons. The summed E-state index contributed by atoms with van der Waals surface area (Å²) in [6.07, 6.45) is 11.6. The Balaban J connectivity index is 2.44. The maximum Gasteiger partial charge on any atom is -0.0170 e. The topological polar surface area (TPSA) is 0 Å². The van der Waals surface area contributed by atoms with Crippen molar-refractivity contribution in [2.24, 2.45) is 11.8 Å². The Bertz CT molecular complexity index is 142. The average molecular weight is 136 g/mol. The van der Waals surface area contributed by atoms with Crippen LogP contribution < -0.4 is 0 Å². The second kappa shape index (κ2) is 3.60. The first-order valence-corrected chi connectivity index (χ1v) is 4.19. The van der Waals surface area contributed by atoms with Crippen molar-refractivity contribution in [3.8, 4) is 0 Å². The Morgan fingerprint density at radius 3 is 2.50 bits per heavy atom. The number of hydrogen-bond acceptors (Lipinski definition) is 0. The van der Waals surface area contributed by atoms with E-state index in [1.807, 2.05) is 0 Å². The molecule has 1 unspecified atom stereocenters. The lowest BCUT2D eigenvalue weighted by Gasteiger charge is -2.18. The van der Waals surface area contributed by atoms with E-state index in [4.69, 9.17) is 0 Å². The van der Waals surface area contributed by atoms with Crippen LogP contribution >= 0.6 is 0 Å². The smallest absolute Gasteiger partial charge is 0.0170 e. The number of rotatable bonds is 2. The van der Waals surface area contributed by atoms with E-state index in [-0.39, 0.29) is 0 Å².